The van der Waals surface area contributed by atoms with Gasteiger partial charge in [0.2, 0.25) is 5.75 Å². The summed E-state index contributed by atoms with van der Waals surface area (Å²) in [5.41, 5.74) is 0.0606. The second kappa shape index (κ2) is 5.46. The van der Waals surface area contributed by atoms with E-state index in [2.05, 4.69) is 5.32 Å². The number of benzene rings is 1. The van der Waals surface area contributed by atoms with Crippen LogP contribution in [-0.2, 0) is 0 Å². The van der Waals surface area contributed by atoms with Gasteiger partial charge in [0.1, 0.15) is 6.10 Å². The largest absolute Gasteiger partial charge is 0.482 e. The highest BCUT2D eigenvalue weighted by atomic mass is 35.5. The third-order valence-electron chi connectivity index (χ3n) is 5.07. The summed E-state index contributed by atoms with van der Waals surface area (Å²) in [4.78, 5) is 10.7. The first kappa shape index (κ1) is 14.6. The van der Waals surface area contributed by atoms with Gasteiger partial charge in [0.05, 0.1) is 9.95 Å². The Labute approximate surface area is 128 Å². The molecule has 0 saturated heterocycles. The molecule has 0 radical (unpaired) electrons. The second-order valence-electron chi connectivity index (χ2n) is 5.97. The number of nitro groups is 1. The first-order valence-electron chi connectivity index (χ1n) is 7.35. The summed E-state index contributed by atoms with van der Waals surface area (Å²) in [6, 6.07) is 5.10. The first-order valence-corrected chi connectivity index (χ1v) is 7.73. The quantitative estimate of drug-likeness (QED) is 0.682. The molecule has 2 atom stereocenters. The minimum absolute atomic E-state index is 0.0102. The number of ether oxygens (including phenoxy) is 1. The van der Waals surface area contributed by atoms with Crippen molar-refractivity contribution < 1.29 is 9.66 Å². The number of para-hydroxylation sites is 1. The van der Waals surface area contributed by atoms with Gasteiger partial charge in [-0.15, -0.1) is 0 Å². The van der Waals surface area contributed by atoms with Crippen LogP contribution < -0.4 is 10.1 Å². The molecule has 1 aromatic rings. The number of halogens is 1. The molecule has 0 aliphatic heterocycles. The average Bonchev–Trinajstić information content (AvgIpc) is 2.96. The highest BCUT2D eigenvalue weighted by Crippen LogP contribution is 2.55. The molecule has 114 valence electrons. The minimum Gasteiger partial charge on any atom is -0.482 e. The van der Waals surface area contributed by atoms with Crippen LogP contribution in [0.4, 0.5) is 5.69 Å². The number of hydrogen-bond donors (Lipinski definition) is 1. The molecule has 5 nitrogen and oxygen atoms in total. The lowest BCUT2D eigenvalue weighted by molar-refractivity contribution is -0.386. The van der Waals surface area contributed by atoms with Crippen LogP contribution in [0.25, 0.3) is 0 Å². The predicted molar refractivity (Wildman–Crippen MR) is 80.9 cm³/mol. The highest BCUT2D eigenvalue weighted by molar-refractivity contribution is 6.32. The van der Waals surface area contributed by atoms with Crippen molar-refractivity contribution in [3.8, 4) is 5.75 Å². The fourth-order valence-electron chi connectivity index (χ4n) is 3.92. The van der Waals surface area contributed by atoms with E-state index in [1.165, 1.54) is 18.9 Å². The summed E-state index contributed by atoms with van der Waals surface area (Å²) >= 11 is 6.12. The molecule has 1 aromatic carbocycles. The Morgan fingerprint density at radius 1 is 1.43 bits per heavy atom. The Morgan fingerprint density at radius 3 is 2.76 bits per heavy atom. The van der Waals surface area contributed by atoms with Gasteiger partial charge in [-0.2, -0.15) is 0 Å². The van der Waals surface area contributed by atoms with Crippen molar-refractivity contribution in [2.45, 2.75) is 44.2 Å². The molecule has 0 heterocycles. The Hall–Kier alpha value is -1.33. The van der Waals surface area contributed by atoms with Gasteiger partial charge in [0.15, 0.2) is 0 Å². The van der Waals surface area contributed by atoms with Crippen LogP contribution >= 0.6 is 11.6 Å². The summed E-state index contributed by atoms with van der Waals surface area (Å²) in [6.45, 7) is 0. The summed E-state index contributed by atoms with van der Waals surface area (Å²) in [5, 5.41) is 14.8. The Balaban J connectivity index is 1.86. The number of nitrogens with one attached hydrogen (secondary N) is 1. The molecule has 0 aromatic heterocycles. The van der Waals surface area contributed by atoms with E-state index in [-0.39, 0.29) is 23.0 Å². The van der Waals surface area contributed by atoms with Gasteiger partial charge in [-0.1, -0.05) is 30.5 Å². The normalized spacial score (nSPS) is 26.6. The summed E-state index contributed by atoms with van der Waals surface area (Å²) in [6.07, 6.45) is 5.50. The molecule has 3 rings (SSSR count). The van der Waals surface area contributed by atoms with Gasteiger partial charge in [0.25, 0.3) is 0 Å². The van der Waals surface area contributed by atoms with E-state index >= 15 is 0 Å². The zero-order valence-corrected chi connectivity index (χ0v) is 12.7. The topological polar surface area (TPSA) is 64.4 Å². The lowest BCUT2D eigenvalue weighted by Gasteiger charge is -2.53. The lowest BCUT2D eigenvalue weighted by Crippen LogP contribution is -2.63. The Morgan fingerprint density at radius 2 is 2.14 bits per heavy atom. The van der Waals surface area contributed by atoms with E-state index < -0.39 is 4.92 Å². The van der Waals surface area contributed by atoms with Crippen molar-refractivity contribution in [3.63, 3.8) is 0 Å². The van der Waals surface area contributed by atoms with Gasteiger partial charge in [-0.3, -0.25) is 10.1 Å². The fraction of sp³-hybridized carbons (Fsp3) is 0.600. The van der Waals surface area contributed by atoms with E-state index in [0.29, 0.717) is 11.1 Å². The van der Waals surface area contributed by atoms with E-state index in [0.717, 1.165) is 19.3 Å². The lowest BCUT2D eigenvalue weighted by atomic mass is 9.60. The molecule has 2 aliphatic rings. The molecule has 21 heavy (non-hydrogen) atoms. The molecule has 0 amide bonds. The fourth-order valence-corrected chi connectivity index (χ4v) is 4.14. The van der Waals surface area contributed by atoms with Gasteiger partial charge >= 0.3 is 5.69 Å². The highest BCUT2D eigenvalue weighted by Gasteiger charge is 2.57. The summed E-state index contributed by atoms with van der Waals surface area (Å²) in [5.74, 6) is 0.218. The van der Waals surface area contributed by atoms with Gasteiger partial charge in [0, 0.05) is 23.9 Å². The maximum atomic E-state index is 11.1. The molecule has 2 unspecified atom stereocenters. The van der Waals surface area contributed by atoms with Crippen molar-refractivity contribution in [1.29, 1.82) is 0 Å². The molecule has 2 saturated carbocycles. The third kappa shape index (κ3) is 2.28. The molecular weight excluding hydrogens is 292 g/mol. The molecule has 2 aliphatic carbocycles. The average molecular weight is 311 g/mol. The van der Waals surface area contributed by atoms with Crippen molar-refractivity contribution in [3.05, 3.63) is 33.3 Å². The van der Waals surface area contributed by atoms with Crippen LogP contribution in [0.2, 0.25) is 5.02 Å². The number of nitro benzene ring substituents is 1. The maximum absolute atomic E-state index is 11.1. The van der Waals surface area contributed by atoms with E-state index in [1.54, 1.807) is 12.1 Å². The van der Waals surface area contributed by atoms with E-state index in [4.69, 9.17) is 16.3 Å². The third-order valence-corrected chi connectivity index (χ3v) is 5.37. The van der Waals surface area contributed by atoms with Crippen LogP contribution in [0.3, 0.4) is 0 Å². The summed E-state index contributed by atoms with van der Waals surface area (Å²) in [7, 11) is 1.97. The SMILES string of the molecule is CNC1CC(Oc2c(Cl)cccc2[N+](=O)[O-])C12CCCC2. The monoisotopic (exact) mass is 310 g/mol. The summed E-state index contributed by atoms with van der Waals surface area (Å²) < 4.78 is 6.03. The van der Waals surface area contributed by atoms with E-state index in [1.807, 2.05) is 7.05 Å². The van der Waals surface area contributed by atoms with Crippen molar-refractivity contribution in [2.24, 2.45) is 5.41 Å². The number of hydrogen-bond acceptors (Lipinski definition) is 4. The van der Waals surface area contributed by atoms with Crippen LogP contribution in [0, 0.1) is 15.5 Å². The van der Waals surface area contributed by atoms with Crippen LogP contribution in [0.15, 0.2) is 18.2 Å². The number of nitrogens with zero attached hydrogens (tertiary/aromatic N) is 1. The molecule has 6 heteroatoms. The van der Waals surface area contributed by atoms with Gasteiger partial charge in [-0.05, 0) is 26.0 Å². The molecule has 1 N–H and O–H groups in total. The molecule has 2 fully saturated rings. The second-order valence-corrected chi connectivity index (χ2v) is 6.38. The van der Waals surface area contributed by atoms with Crippen LogP contribution in [0.1, 0.15) is 32.1 Å². The molecule has 0 bridgehead atoms. The number of rotatable bonds is 4. The van der Waals surface area contributed by atoms with Crippen LogP contribution in [0.5, 0.6) is 5.75 Å². The molecular formula is C15H19ClN2O3. The smallest absolute Gasteiger partial charge is 0.312 e. The van der Waals surface area contributed by atoms with Gasteiger partial charge < -0.3 is 10.1 Å². The van der Waals surface area contributed by atoms with E-state index in [9.17, 15) is 10.1 Å². The Bertz CT molecular complexity index is 558. The van der Waals surface area contributed by atoms with Gasteiger partial charge in [-0.25, -0.2) is 0 Å². The zero-order valence-electron chi connectivity index (χ0n) is 12.0. The minimum atomic E-state index is -0.434. The van der Waals surface area contributed by atoms with Crippen molar-refractivity contribution >= 4 is 17.3 Å². The predicted octanol–water partition coefficient (Wildman–Crippen LogP) is 3.55. The zero-order chi connectivity index (χ0) is 15.0. The molecule has 1 spiro atoms. The first-order chi connectivity index (χ1) is 10.1. The Kier molecular flexibility index (Phi) is 3.80. The standard InChI is InChI=1S/C15H19ClN2O3/c1-17-12-9-13(15(12)7-2-3-8-15)21-14-10(16)5-4-6-11(14)18(19)20/h4-6,12-13,17H,2-3,7-9H2,1H3. The van der Waals surface area contributed by atoms with Crippen molar-refractivity contribution in [1.82, 2.24) is 5.32 Å². The van der Waals surface area contributed by atoms with Crippen molar-refractivity contribution in [2.75, 3.05) is 7.05 Å². The maximum Gasteiger partial charge on any atom is 0.312 e. The van der Waals surface area contributed by atoms with Crippen LogP contribution in [-0.4, -0.2) is 24.1 Å².